The fourth-order valence-electron chi connectivity index (χ4n) is 5.08. The highest BCUT2D eigenvalue weighted by molar-refractivity contribution is 6.07. The van der Waals surface area contributed by atoms with Crippen LogP contribution < -0.4 is 19.9 Å². The zero-order valence-corrected chi connectivity index (χ0v) is 17.6. The Kier molecular flexibility index (Phi) is 5.67. The fraction of sp³-hybridized carbons (Fsp3) is 0.636. The normalized spacial score (nSPS) is 28.1. The molecule has 0 bridgehead atoms. The lowest BCUT2D eigenvalue weighted by atomic mass is 9.73. The van der Waals surface area contributed by atoms with Crippen molar-refractivity contribution in [2.75, 3.05) is 44.4 Å². The molecule has 2 aliphatic heterocycles. The number of hydrogen-bond acceptors (Lipinski definition) is 4. The smallest absolute Gasteiger partial charge is 0.329 e. The topological polar surface area (TPSA) is 66.3 Å². The largest absolute Gasteiger partial charge is 0.492 e. The van der Waals surface area contributed by atoms with E-state index in [1.54, 1.807) is 0 Å². The third-order valence-electron chi connectivity index (χ3n) is 6.86. The first-order valence-electron chi connectivity index (χ1n) is 11.0. The van der Waals surface area contributed by atoms with E-state index in [1.807, 2.05) is 25.1 Å². The summed E-state index contributed by atoms with van der Waals surface area (Å²) in [5, 5.41) is 3.06. The van der Waals surface area contributed by atoms with Gasteiger partial charge >= 0.3 is 6.03 Å². The summed E-state index contributed by atoms with van der Waals surface area (Å²) >= 11 is 0. The van der Waals surface area contributed by atoms with Crippen LogP contribution in [0.2, 0.25) is 0 Å². The maximum Gasteiger partial charge on any atom is 0.329 e. The number of nitrogens with one attached hydrogen (secondary N) is 2. The summed E-state index contributed by atoms with van der Waals surface area (Å²) < 4.78 is 5.77. The van der Waals surface area contributed by atoms with Crippen LogP contribution in [0.3, 0.4) is 0 Å². The van der Waals surface area contributed by atoms with Gasteiger partial charge in [-0.15, -0.1) is 0 Å². The highest BCUT2D eigenvalue weighted by Crippen LogP contribution is 2.37. The molecule has 1 aliphatic carbocycles. The van der Waals surface area contributed by atoms with E-state index in [0.29, 0.717) is 13.3 Å². The highest BCUT2D eigenvalue weighted by Gasteiger charge is 2.55. The van der Waals surface area contributed by atoms with Crippen molar-refractivity contribution >= 4 is 17.6 Å². The van der Waals surface area contributed by atoms with Crippen molar-refractivity contribution in [2.45, 2.75) is 45.1 Å². The molecule has 3 aliphatic rings. The molecule has 0 unspecified atom stereocenters. The molecule has 2 heterocycles. The second-order valence-electron chi connectivity index (χ2n) is 8.58. The van der Waals surface area contributed by atoms with Gasteiger partial charge in [0.1, 0.15) is 11.3 Å². The van der Waals surface area contributed by atoms with Gasteiger partial charge in [0, 0.05) is 0 Å². The number of anilines is 1. The first-order valence-corrected chi connectivity index (χ1v) is 11.0. The van der Waals surface area contributed by atoms with Gasteiger partial charge in [-0.05, 0) is 37.8 Å². The first kappa shape index (κ1) is 20.0. The van der Waals surface area contributed by atoms with Gasteiger partial charge in [-0.3, -0.25) is 4.79 Å². The molecule has 29 heavy (non-hydrogen) atoms. The maximum absolute atomic E-state index is 13.2. The van der Waals surface area contributed by atoms with E-state index in [-0.39, 0.29) is 17.9 Å². The minimum Gasteiger partial charge on any atom is -0.492 e. The van der Waals surface area contributed by atoms with E-state index >= 15 is 0 Å². The number of rotatable bonds is 5. The summed E-state index contributed by atoms with van der Waals surface area (Å²) in [5.74, 6) is 1.12. The van der Waals surface area contributed by atoms with Crippen LogP contribution in [0.4, 0.5) is 10.5 Å². The zero-order valence-electron chi connectivity index (χ0n) is 17.6. The van der Waals surface area contributed by atoms with Gasteiger partial charge < -0.3 is 19.9 Å². The summed E-state index contributed by atoms with van der Waals surface area (Å²) in [6.07, 6.45) is 3.93. The number of para-hydroxylation sites is 2. The van der Waals surface area contributed by atoms with Gasteiger partial charge in [0.05, 0.1) is 38.5 Å². The summed E-state index contributed by atoms with van der Waals surface area (Å²) in [6, 6.07) is 7.93. The van der Waals surface area contributed by atoms with Crippen molar-refractivity contribution in [2.24, 2.45) is 5.92 Å². The molecule has 158 valence electrons. The minimum atomic E-state index is -0.660. The standard InChI is InChI=1S/C22H32N4O3/c1-3-29-19-10-5-4-9-18(19)25-14-12-24(13-15-25)16-26-20(27)22(23-21(26)28)11-7-6-8-17(22)2/h4-5,9-10,17H,3,6-8,11-16H2,1-2H3,(H,23,28)/p+1/t17-,22+/m0/s1. The van der Waals surface area contributed by atoms with E-state index in [1.165, 1.54) is 9.80 Å². The van der Waals surface area contributed by atoms with E-state index in [0.717, 1.165) is 63.3 Å². The predicted molar refractivity (Wildman–Crippen MR) is 111 cm³/mol. The molecule has 2 N–H and O–H groups in total. The molecule has 1 aromatic rings. The van der Waals surface area contributed by atoms with Crippen molar-refractivity contribution in [3.63, 3.8) is 0 Å². The number of piperazine rings is 1. The monoisotopic (exact) mass is 401 g/mol. The summed E-state index contributed by atoms with van der Waals surface area (Å²) in [4.78, 5) is 30.9. The lowest BCUT2D eigenvalue weighted by molar-refractivity contribution is -0.907. The molecular weight excluding hydrogens is 368 g/mol. The van der Waals surface area contributed by atoms with Crippen LogP contribution in [0.5, 0.6) is 5.75 Å². The molecule has 7 heteroatoms. The van der Waals surface area contributed by atoms with Crippen LogP contribution in [-0.4, -0.2) is 61.8 Å². The lowest BCUT2D eigenvalue weighted by Gasteiger charge is -2.37. The SMILES string of the molecule is CCOc1ccccc1N1CC[NH+](CN2C(=O)N[C@@]3(CCCC[C@@H]3C)C2=O)CC1. The van der Waals surface area contributed by atoms with Gasteiger partial charge in [0.25, 0.3) is 5.91 Å². The van der Waals surface area contributed by atoms with Crippen LogP contribution in [-0.2, 0) is 4.79 Å². The quantitative estimate of drug-likeness (QED) is 0.729. The summed E-state index contributed by atoms with van der Waals surface area (Å²) in [7, 11) is 0. The Bertz CT molecular complexity index is 762. The maximum atomic E-state index is 13.2. The Morgan fingerprint density at radius 2 is 1.97 bits per heavy atom. The Morgan fingerprint density at radius 1 is 1.21 bits per heavy atom. The predicted octanol–water partition coefficient (Wildman–Crippen LogP) is 1.25. The number of quaternary nitrogens is 1. The number of imide groups is 1. The van der Waals surface area contributed by atoms with Gasteiger partial charge in [0.2, 0.25) is 0 Å². The molecule has 4 rings (SSSR count). The van der Waals surface area contributed by atoms with E-state index in [4.69, 9.17) is 4.74 Å². The second-order valence-corrected chi connectivity index (χ2v) is 8.58. The number of ether oxygens (including phenoxy) is 1. The van der Waals surface area contributed by atoms with Crippen molar-refractivity contribution < 1.29 is 19.2 Å². The van der Waals surface area contributed by atoms with Crippen LogP contribution in [0.1, 0.15) is 39.5 Å². The molecule has 1 saturated carbocycles. The van der Waals surface area contributed by atoms with Gasteiger partial charge in [0.15, 0.2) is 6.67 Å². The molecular formula is C22H33N4O3+. The molecule has 3 amide bonds. The Morgan fingerprint density at radius 3 is 2.69 bits per heavy atom. The number of carbonyl (C=O) groups excluding carboxylic acids is 2. The number of amides is 3. The van der Waals surface area contributed by atoms with E-state index < -0.39 is 5.54 Å². The number of benzene rings is 1. The van der Waals surface area contributed by atoms with Crippen molar-refractivity contribution in [3.05, 3.63) is 24.3 Å². The van der Waals surface area contributed by atoms with Gasteiger partial charge in [-0.1, -0.05) is 31.9 Å². The van der Waals surface area contributed by atoms with Gasteiger partial charge in [-0.25, -0.2) is 9.69 Å². The minimum absolute atomic E-state index is 0.00804. The van der Waals surface area contributed by atoms with Crippen LogP contribution in [0.25, 0.3) is 0 Å². The van der Waals surface area contributed by atoms with Crippen LogP contribution >= 0.6 is 0 Å². The van der Waals surface area contributed by atoms with Gasteiger partial charge in [-0.2, -0.15) is 0 Å². The molecule has 0 radical (unpaired) electrons. The molecule has 7 nitrogen and oxygen atoms in total. The van der Waals surface area contributed by atoms with Crippen LogP contribution in [0, 0.1) is 5.92 Å². The lowest BCUT2D eigenvalue weighted by Crippen LogP contribution is -3.16. The van der Waals surface area contributed by atoms with Crippen molar-refractivity contribution in [3.8, 4) is 5.75 Å². The van der Waals surface area contributed by atoms with Crippen LogP contribution in [0.15, 0.2) is 24.3 Å². The number of carbonyl (C=O) groups is 2. The number of hydrogen-bond donors (Lipinski definition) is 2. The molecule has 0 aromatic heterocycles. The second kappa shape index (κ2) is 8.22. The van der Waals surface area contributed by atoms with Crippen molar-refractivity contribution in [1.82, 2.24) is 10.2 Å². The third-order valence-corrected chi connectivity index (χ3v) is 6.86. The number of nitrogens with zero attached hydrogens (tertiary/aromatic N) is 2. The Hall–Kier alpha value is -2.28. The Labute approximate surface area is 173 Å². The van der Waals surface area contributed by atoms with Crippen molar-refractivity contribution in [1.29, 1.82) is 0 Å². The molecule has 2 atom stereocenters. The average Bonchev–Trinajstić information content (AvgIpc) is 2.96. The molecule has 2 saturated heterocycles. The third kappa shape index (κ3) is 3.68. The molecule has 1 aromatic carbocycles. The molecule has 3 fully saturated rings. The first-order chi connectivity index (χ1) is 14.0. The number of urea groups is 1. The van der Waals surface area contributed by atoms with E-state index in [2.05, 4.69) is 23.2 Å². The summed E-state index contributed by atoms with van der Waals surface area (Å²) in [6.45, 7) is 8.74. The molecule has 1 spiro atoms. The fourth-order valence-corrected chi connectivity index (χ4v) is 5.08. The van der Waals surface area contributed by atoms with E-state index in [9.17, 15) is 9.59 Å². The zero-order chi connectivity index (χ0) is 20.4. The Balaban J connectivity index is 1.38. The summed E-state index contributed by atoms with van der Waals surface area (Å²) in [5.41, 5.74) is 0.464. The highest BCUT2D eigenvalue weighted by atomic mass is 16.5. The average molecular weight is 402 g/mol.